The van der Waals surface area contributed by atoms with Crippen molar-refractivity contribution in [2.45, 2.75) is 27.2 Å². The van der Waals surface area contributed by atoms with Gasteiger partial charge in [0.15, 0.2) is 0 Å². The van der Waals surface area contributed by atoms with Crippen LogP contribution in [0.3, 0.4) is 0 Å². The van der Waals surface area contributed by atoms with E-state index in [2.05, 4.69) is 43.1 Å². The Balaban J connectivity index is 2.28. The molecule has 1 aliphatic heterocycles. The maximum absolute atomic E-state index is 6.45. The van der Waals surface area contributed by atoms with E-state index in [0.29, 0.717) is 5.92 Å². The number of nitrogens with zero attached hydrogens (tertiary/aromatic N) is 1. The quantitative estimate of drug-likeness (QED) is 0.838. The highest BCUT2D eigenvalue weighted by Gasteiger charge is 2.17. The van der Waals surface area contributed by atoms with Gasteiger partial charge in [-0.15, -0.1) is 0 Å². The Bertz CT molecular complexity index is 394. The monoisotopic (exact) mass is 266 g/mol. The van der Waals surface area contributed by atoms with Gasteiger partial charge in [0.1, 0.15) is 0 Å². The molecule has 0 amide bonds. The van der Waals surface area contributed by atoms with Crippen LogP contribution in [0.5, 0.6) is 0 Å². The summed E-state index contributed by atoms with van der Waals surface area (Å²) in [5, 5.41) is 4.38. The van der Waals surface area contributed by atoms with Crippen LogP contribution < -0.4 is 10.2 Å². The number of rotatable bonds is 1. The predicted molar refractivity (Wildman–Crippen MR) is 79.8 cm³/mol. The van der Waals surface area contributed by atoms with E-state index in [-0.39, 0.29) is 0 Å². The van der Waals surface area contributed by atoms with Crippen LogP contribution in [-0.2, 0) is 0 Å². The van der Waals surface area contributed by atoms with E-state index in [1.165, 1.54) is 23.2 Å². The summed E-state index contributed by atoms with van der Waals surface area (Å²) < 4.78 is 0. The Labute approximate surface area is 115 Å². The molecule has 100 valence electrons. The van der Waals surface area contributed by atoms with E-state index in [4.69, 9.17) is 11.6 Å². The smallest absolute Gasteiger partial charge is 0.0644 e. The zero-order chi connectivity index (χ0) is 13.1. The van der Waals surface area contributed by atoms with E-state index < -0.39 is 0 Å². The Morgan fingerprint density at radius 2 is 2.11 bits per heavy atom. The lowest BCUT2D eigenvalue weighted by atomic mass is 10.1. The second-order valence-electron chi connectivity index (χ2n) is 5.52. The summed E-state index contributed by atoms with van der Waals surface area (Å²) in [6.45, 7) is 10.9. The van der Waals surface area contributed by atoms with Gasteiger partial charge in [0.2, 0.25) is 0 Å². The van der Waals surface area contributed by atoms with Crippen LogP contribution in [0.2, 0.25) is 5.02 Å². The second kappa shape index (κ2) is 5.94. The summed E-state index contributed by atoms with van der Waals surface area (Å²) in [6.07, 6.45) is 1.18. The van der Waals surface area contributed by atoms with Crippen molar-refractivity contribution >= 4 is 17.3 Å². The molecule has 0 saturated carbocycles. The lowest BCUT2D eigenvalue weighted by Gasteiger charge is -2.32. The van der Waals surface area contributed by atoms with Gasteiger partial charge < -0.3 is 10.2 Å². The molecule has 1 fully saturated rings. The molecule has 2 nitrogen and oxygen atoms in total. The van der Waals surface area contributed by atoms with Crippen molar-refractivity contribution in [3.63, 3.8) is 0 Å². The molecule has 1 atom stereocenters. The third-order valence-electron chi connectivity index (χ3n) is 3.52. The van der Waals surface area contributed by atoms with Gasteiger partial charge in [-0.25, -0.2) is 0 Å². The van der Waals surface area contributed by atoms with Crippen LogP contribution in [0.1, 0.15) is 24.5 Å². The SMILES string of the molecule is Cc1cc(C)c(N2CCCNCC(C)C2)c(Cl)c1. The minimum atomic E-state index is 0.655. The fraction of sp³-hybridized carbons (Fsp3) is 0.600. The number of nitrogens with one attached hydrogen (secondary N) is 1. The summed E-state index contributed by atoms with van der Waals surface area (Å²) >= 11 is 6.45. The van der Waals surface area contributed by atoms with Gasteiger partial charge in [0.25, 0.3) is 0 Å². The topological polar surface area (TPSA) is 15.3 Å². The largest absolute Gasteiger partial charge is 0.370 e. The highest BCUT2D eigenvalue weighted by Crippen LogP contribution is 2.31. The number of anilines is 1. The van der Waals surface area contributed by atoms with Gasteiger partial charge in [-0.3, -0.25) is 0 Å². The van der Waals surface area contributed by atoms with Gasteiger partial charge in [0.05, 0.1) is 10.7 Å². The second-order valence-corrected chi connectivity index (χ2v) is 5.93. The third-order valence-corrected chi connectivity index (χ3v) is 3.81. The van der Waals surface area contributed by atoms with Crippen molar-refractivity contribution in [1.82, 2.24) is 5.32 Å². The van der Waals surface area contributed by atoms with E-state index in [9.17, 15) is 0 Å². The maximum Gasteiger partial charge on any atom is 0.0644 e. The Kier molecular flexibility index (Phi) is 4.52. The molecular formula is C15H23ClN2. The zero-order valence-electron chi connectivity index (χ0n) is 11.6. The molecule has 18 heavy (non-hydrogen) atoms. The number of hydrogen-bond donors (Lipinski definition) is 1. The molecule has 0 bridgehead atoms. The molecule has 0 aromatic heterocycles. The lowest BCUT2D eigenvalue weighted by Crippen LogP contribution is -2.39. The molecule has 2 rings (SSSR count). The number of hydrogen-bond acceptors (Lipinski definition) is 2. The third kappa shape index (κ3) is 3.18. The van der Waals surface area contributed by atoms with Crippen LogP contribution in [-0.4, -0.2) is 26.2 Å². The first kappa shape index (κ1) is 13.7. The molecule has 0 spiro atoms. The van der Waals surface area contributed by atoms with Crippen LogP contribution in [0.4, 0.5) is 5.69 Å². The normalized spacial score (nSPS) is 21.6. The molecule has 3 heteroatoms. The van der Waals surface area contributed by atoms with E-state index in [1.807, 2.05) is 0 Å². The minimum Gasteiger partial charge on any atom is -0.370 e. The van der Waals surface area contributed by atoms with Crippen LogP contribution in [0.25, 0.3) is 0 Å². The van der Waals surface area contributed by atoms with Gasteiger partial charge in [-0.05, 0) is 56.5 Å². The molecular weight excluding hydrogens is 244 g/mol. The fourth-order valence-corrected chi connectivity index (χ4v) is 3.23. The van der Waals surface area contributed by atoms with E-state index >= 15 is 0 Å². The van der Waals surface area contributed by atoms with Gasteiger partial charge in [0, 0.05) is 13.1 Å². The summed E-state index contributed by atoms with van der Waals surface area (Å²) in [5.41, 5.74) is 3.76. The molecule has 1 saturated heterocycles. The molecule has 1 aromatic carbocycles. The Morgan fingerprint density at radius 1 is 1.33 bits per heavy atom. The highest BCUT2D eigenvalue weighted by atomic mass is 35.5. The molecule has 0 radical (unpaired) electrons. The van der Waals surface area contributed by atoms with Gasteiger partial charge in [-0.1, -0.05) is 24.6 Å². The van der Waals surface area contributed by atoms with Crippen LogP contribution >= 0.6 is 11.6 Å². The lowest BCUT2D eigenvalue weighted by molar-refractivity contribution is 0.467. The molecule has 1 aromatic rings. The summed E-state index contributed by atoms with van der Waals surface area (Å²) in [4.78, 5) is 2.46. The standard InChI is InChI=1S/C15H23ClN2/c1-11-7-13(3)15(14(16)8-11)18-6-4-5-17-9-12(2)10-18/h7-8,12,17H,4-6,9-10H2,1-3H3. The Hall–Kier alpha value is -0.730. The van der Waals surface area contributed by atoms with Crippen molar-refractivity contribution < 1.29 is 0 Å². The molecule has 1 heterocycles. The first-order valence-electron chi connectivity index (χ1n) is 6.80. The highest BCUT2D eigenvalue weighted by molar-refractivity contribution is 6.33. The average molecular weight is 267 g/mol. The summed E-state index contributed by atoms with van der Waals surface area (Å²) in [5.74, 6) is 0.655. The summed E-state index contributed by atoms with van der Waals surface area (Å²) in [7, 11) is 0. The molecule has 1 aliphatic rings. The van der Waals surface area contributed by atoms with Crippen molar-refractivity contribution in [2.24, 2.45) is 5.92 Å². The van der Waals surface area contributed by atoms with Gasteiger partial charge >= 0.3 is 0 Å². The number of halogens is 1. The molecule has 1 unspecified atom stereocenters. The van der Waals surface area contributed by atoms with E-state index in [1.54, 1.807) is 0 Å². The van der Waals surface area contributed by atoms with Crippen molar-refractivity contribution in [2.75, 3.05) is 31.1 Å². The zero-order valence-corrected chi connectivity index (χ0v) is 12.3. The maximum atomic E-state index is 6.45. The fourth-order valence-electron chi connectivity index (χ4n) is 2.79. The van der Waals surface area contributed by atoms with E-state index in [0.717, 1.165) is 31.2 Å². The van der Waals surface area contributed by atoms with Gasteiger partial charge in [-0.2, -0.15) is 0 Å². The van der Waals surface area contributed by atoms with Crippen molar-refractivity contribution in [3.05, 3.63) is 28.3 Å². The predicted octanol–water partition coefficient (Wildman–Crippen LogP) is 3.39. The Morgan fingerprint density at radius 3 is 2.83 bits per heavy atom. The summed E-state index contributed by atoms with van der Waals surface area (Å²) in [6, 6.07) is 4.30. The molecule has 1 N–H and O–H groups in total. The average Bonchev–Trinajstić information content (AvgIpc) is 2.23. The minimum absolute atomic E-state index is 0.655. The first-order chi connectivity index (χ1) is 8.58. The number of benzene rings is 1. The van der Waals surface area contributed by atoms with Crippen molar-refractivity contribution in [3.8, 4) is 0 Å². The van der Waals surface area contributed by atoms with Crippen molar-refractivity contribution in [1.29, 1.82) is 0 Å². The van der Waals surface area contributed by atoms with Crippen LogP contribution in [0, 0.1) is 19.8 Å². The molecule has 0 aliphatic carbocycles. The first-order valence-corrected chi connectivity index (χ1v) is 7.18. The number of aryl methyl sites for hydroxylation is 2. The van der Waals surface area contributed by atoms with Crippen LogP contribution in [0.15, 0.2) is 12.1 Å².